The predicted molar refractivity (Wildman–Crippen MR) is 97.0 cm³/mol. The van der Waals surface area contributed by atoms with Gasteiger partial charge >= 0.3 is 0 Å². The van der Waals surface area contributed by atoms with Gasteiger partial charge in [-0.05, 0) is 18.8 Å². The summed E-state index contributed by atoms with van der Waals surface area (Å²) in [4.78, 5) is 18.9. The number of guanidine groups is 1. The van der Waals surface area contributed by atoms with E-state index in [0.29, 0.717) is 6.54 Å². The Kier molecular flexibility index (Phi) is 9.36. The molecule has 0 radical (unpaired) electrons. The molecule has 1 aliphatic rings. The fourth-order valence-electron chi connectivity index (χ4n) is 2.95. The van der Waals surface area contributed by atoms with E-state index >= 15 is 0 Å². The largest absolute Gasteiger partial charge is 1.00 e. The number of piperazine rings is 1. The number of halogens is 1. The molecular formula is C16H30ClN8O-. The third kappa shape index (κ3) is 6.14. The number of nitrogens with one attached hydrogen (secondary N) is 1. The Morgan fingerprint density at radius 3 is 2.69 bits per heavy atom. The first-order valence-corrected chi connectivity index (χ1v) is 8.98. The minimum atomic E-state index is -0.304. The van der Waals surface area contributed by atoms with Crippen LogP contribution in [0.3, 0.4) is 0 Å². The van der Waals surface area contributed by atoms with Gasteiger partial charge in [-0.1, -0.05) is 25.5 Å². The Hall–Kier alpha value is -1.87. The van der Waals surface area contributed by atoms with Crippen LogP contribution in [0.2, 0.25) is 0 Å². The van der Waals surface area contributed by atoms with E-state index in [1.807, 2.05) is 11.1 Å². The van der Waals surface area contributed by atoms with Gasteiger partial charge in [-0.2, -0.15) is 0 Å². The molecule has 26 heavy (non-hydrogen) atoms. The van der Waals surface area contributed by atoms with Gasteiger partial charge in [-0.3, -0.25) is 9.79 Å². The molecule has 2 heterocycles. The maximum atomic E-state index is 13.0. The molecule has 0 aromatic carbocycles. The maximum absolute atomic E-state index is 13.0. The van der Waals surface area contributed by atoms with Crippen LogP contribution in [0.5, 0.6) is 0 Å². The molecule has 0 bridgehead atoms. The van der Waals surface area contributed by atoms with Crippen molar-refractivity contribution < 1.29 is 17.2 Å². The van der Waals surface area contributed by atoms with Gasteiger partial charge in [0.2, 0.25) is 5.91 Å². The van der Waals surface area contributed by atoms with Crippen molar-refractivity contribution in [2.75, 3.05) is 32.7 Å². The van der Waals surface area contributed by atoms with Gasteiger partial charge in [-0.15, -0.1) is 5.10 Å². The first-order chi connectivity index (χ1) is 12.0. The molecule has 148 valence electrons. The molecule has 0 spiro atoms. The minimum absolute atomic E-state index is 0. The topological polar surface area (TPSA) is 127 Å². The van der Waals surface area contributed by atoms with Gasteiger partial charge in [-0.25, -0.2) is 4.68 Å². The lowest BCUT2D eigenvalue weighted by atomic mass is 9.97. The summed E-state index contributed by atoms with van der Waals surface area (Å²) in [5.41, 5.74) is 11.5. The third-order valence-corrected chi connectivity index (χ3v) is 4.59. The number of aryl methyl sites for hydroxylation is 1. The second kappa shape index (κ2) is 11.0. The lowest BCUT2D eigenvalue weighted by Crippen LogP contribution is -3.00. The average Bonchev–Trinajstić information content (AvgIpc) is 3.07. The molecule has 1 unspecified atom stereocenters. The van der Waals surface area contributed by atoms with E-state index in [0.717, 1.165) is 51.1 Å². The van der Waals surface area contributed by atoms with Crippen molar-refractivity contribution in [2.24, 2.45) is 22.4 Å². The monoisotopic (exact) mass is 385 g/mol. The van der Waals surface area contributed by atoms with Crippen molar-refractivity contribution in [3.8, 4) is 0 Å². The van der Waals surface area contributed by atoms with Crippen molar-refractivity contribution in [3.05, 3.63) is 11.9 Å². The van der Waals surface area contributed by atoms with Crippen molar-refractivity contribution >= 4 is 11.9 Å². The number of aliphatic imine (C=N–C) groups is 1. The molecule has 1 fully saturated rings. The Bertz CT molecular complexity index is 581. The molecule has 1 aliphatic heterocycles. The van der Waals surface area contributed by atoms with Crippen molar-refractivity contribution in [1.29, 1.82) is 0 Å². The minimum Gasteiger partial charge on any atom is -1.00 e. The van der Waals surface area contributed by atoms with E-state index in [1.54, 1.807) is 4.68 Å². The highest BCUT2D eigenvalue weighted by molar-refractivity contribution is 5.80. The molecule has 1 aromatic rings. The summed E-state index contributed by atoms with van der Waals surface area (Å²) in [5, 5.41) is 11.7. The van der Waals surface area contributed by atoms with E-state index in [4.69, 9.17) is 11.5 Å². The van der Waals surface area contributed by atoms with E-state index in [9.17, 15) is 4.79 Å². The molecule has 1 aromatic heterocycles. The van der Waals surface area contributed by atoms with Crippen LogP contribution >= 0.6 is 0 Å². The summed E-state index contributed by atoms with van der Waals surface area (Å²) in [6.07, 6.45) is 4.30. The number of amides is 1. The van der Waals surface area contributed by atoms with Gasteiger partial charge in [0.05, 0.1) is 5.69 Å². The Labute approximate surface area is 161 Å². The number of rotatable bonds is 8. The molecule has 1 saturated heterocycles. The third-order valence-electron chi connectivity index (χ3n) is 4.59. The highest BCUT2D eigenvalue weighted by atomic mass is 35.5. The Morgan fingerprint density at radius 2 is 2.08 bits per heavy atom. The summed E-state index contributed by atoms with van der Waals surface area (Å²) >= 11 is 0. The zero-order valence-electron chi connectivity index (χ0n) is 15.6. The van der Waals surface area contributed by atoms with Crippen LogP contribution in [0.1, 0.15) is 38.4 Å². The van der Waals surface area contributed by atoms with Crippen molar-refractivity contribution in [2.45, 2.75) is 39.2 Å². The summed E-state index contributed by atoms with van der Waals surface area (Å²) in [6, 6.07) is -0.304. The number of carbonyl (C=O) groups excluding carboxylic acids is 1. The smallest absolute Gasteiger partial charge is 0.247 e. The van der Waals surface area contributed by atoms with E-state index in [2.05, 4.69) is 34.5 Å². The van der Waals surface area contributed by atoms with Crippen LogP contribution in [-0.4, -0.2) is 64.5 Å². The predicted octanol–water partition coefficient (Wildman–Crippen LogP) is -3.49. The highest BCUT2D eigenvalue weighted by Gasteiger charge is 2.31. The summed E-state index contributed by atoms with van der Waals surface area (Å²) in [5.74, 6) is 0.425. The fourth-order valence-corrected chi connectivity index (χ4v) is 2.95. The molecule has 0 saturated carbocycles. The van der Waals surface area contributed by atoms with Gasteiger partial charge < -0.3 is 34.1 Å². The summed E-state index contributed by atoms with van der Waals surface area (Å²) in [7, 11) is 0. The molecule has 5 N–H and O–H groups in total. The number of nitrogens with zero attached hydrogens (tertiary/aromatic N) is 5. The molecule has 0 aliphatic carbocycles. The zero-order valence-corrected chi connectivity index (χ0v) is 16.3. The van der Waals surface area contributed by atoms with E-state index < -0.39 is 0 Å². The van der Waals surface area contributed by atoms with E-state index in [-0.39, 0.29) is 36.2 Å². The van der Waals surface area contributed by atoms with Crippen LogP contribution < -0.4 is 29.2 Å². The van der Waals surface area contributed by atoms with Crippen LogP contribution in [0.15, 0.2) is 11.2 Å². The molecule has 2 atom stereocenters. The van der Waals surface area contributed by atoms with Gasteiger partial charge in [0, 0.05) is 38.9 Å². The summed E-state index contributed by atoms with van der Waals surface area (Å²) in [6.45, 7) is 7.90. The van der Waals surface area contributed by atoms with Crippen LogP contribution in [0.4, 0.5) is 0 Å². The number of aromatic nitrogens is 3. The second-order valence-corrected chi connectivity index (χ2v) is 6.51. The van der Waals surface area contributed by atoms with Gasteiger partial charge in [0.15, 0.2) is 5.96 Å². The number of hydrogen-bond acceptors (Lipinski definition) is 5. The lowest BCUT2D eigenvalue weighted by Gasteiger charge is -2.32. The Balaban J connectivity index is 0.00000338. The molecule has 10 heteroatoms. The second-order valence-electron chi connectivity index (χ2n) is 6.51. The number of hydrogen-bond donors (Lipinski definition) is 3. The van der Waals surface area contributed by atoms with Crippen LogP contribution in [0, 0.1) is 5.92 Å². The quantitative estimate of drug-likeness (QED) is 0.242. The highest BCUT2D eigenvalue weighted by Crippen LogP contribution is 2.23. The molecular weight excluding hydrogens is 356 g/mol. The number of nitrogens with two attached hydrogens (primary N) is 2. The maximum Gasteiger partial charge on any atom is 0.247 e. The summed E-state index contributed by atoms with van der Waals surface area (Å²) < 4.78 is 1.73. The normalized spacial score (nSPS) is 16.5. The Morgan fingerprint density at radius 1 is 1.38 bits per heavy atom. The van der Waals surface area contributed by atoms with Crippen molar-refractivity contribution in [3.63, 3.8) is 0 Å². The van der Waals surface area contributed by atoms with Crippen molar-refractivity contribution in [1.82, 2.24) is 25.2 Å². The van der Waals surface area contributed by atoms with Crippen LogP contribution in [-0.2, 0) is 11.2 Å². The molecule has 1 amide bonds. The van der Waals surface area contributed by atoms with Gasteiger partial charge in [0.25, 0.3) is 0 Å². The van der Waals surface area contributed by atoms with E-state index in [1.165, 1.54) is 0 Å². The first kappa shape index (κ1) is 22.2. The average molecular weight is 386 g/mol. The standard InChI is InChI=1S/C16H30N8O.ClH/c1-3-12(2)14(15(25)23-9-7-19-8-10-23)24-11-13(21-22-24)5-4-6-20-16(17)18;/h11-12,14,19H,3-10H2,1-2H3,(H4,17,18,20);1H/p-1/t12?,14-;/m0./s1. The lowest BCUT2D eigenvalue weighted by molar-refractivity contribution is -0.137. The number of carbonyl (C=O) groups is 1. The molecule has 9 nitrogen and oxygen atoms in total. The first-order valence-electron chi connectivity index (χ1n) is 8.98. The van der Waals surface area contributed by atoms with Crippen LogP contribution in [0.25, 0.3) is 0 Å². The zero-order chi connectivity index (χ0) is 18.2. The fraction of sp³-hybridized carbons (Fsp3) is 0.750. The van der Waals surface area contributed by atoms with Gasteiger partial charge in [0.1, 0.15) is 6.04 Å². The SMILES string of the molecule is CCC(C)[C@@H](C(=O)N1CCNCC1)n1cc(CCCN=C(N)N)nn1.[Cl-]. The molecule has 2 rings (SSSR count).